The van der Waals surface area contributed by atoms with Gasteiger partial charge in [0.25, 0.3) is 0 Å². The number of nitrogens with zero attached hydrogens (tertiary/aromatic N) is 2. The van der Waals surface area contributed by atoms with Crippen molar-refractivity contribution in [2.75, 3.05) is 44.7 Å². The second-order valence-electron chi connectivity index (χ2n) is 8.04. The number of nitrogens with one attached hydrogen (secondary N) is 1. The fourth-order valence-corrected chi connectivity index (χ4v) is 3.81. The molecule has 0 saturated carbocycles. The molecule has 6 heteroatoms. The number of rotatable bonds is 8. The molecule has 1 fully saturated rings. The summed E-state index contributed by atoms with van der Waals surface area (Å²) in [5.41, 5.74) is 2.93. The van der Waals surface area contributed by atoms with Crippen molar-refractivity contribution >= 4 is 23.0 Å². The minimum Gasteiger partial charge on any atom is -0.379 e. The molecule has 3 rings (SSSR count). The van der Waals surface area contributed by atoms with Gasteiger partial charge in [-0.15, -0.1) is 0 Å². The minimum absolute atomic E-state index is 0.297. The normalized spacial score (nSPS) is 14.7. The molecule has 0 atom stereocenters. The van der Waals surface area contributed by atoms with Gasteiger partial charge in [0, 0.05) is 32.7 Å². The quantitative estimate of drug-likeness (QED) is 0.605. The van der Waals surface area contributed by atoms with Crippen LogP contribution in [0.4, 0.5) is 10.1 Å². The summed E-state index contributed by atoms with van der Waals surface area (Å²) in [7, 11) is 0. The number of ether oxygens (including phenoxy) is 1. The number of benzene rings is 2. The monoisotopic (exact) mass is 429 g/mol. The van der Waals surface area contributed by atoms with Crippen molar-refractivity contribution in [3.05, 3.63) is 65.5 Å². The smallest absolute Gasteiger partial charge is 0.173 e. The van der Waals surface area contributed by atoms with E-state index in [2.05, 4.69) is 53.2 Å². The summed E-state index contributed by atoms with van der Waals surface area (Å²) >= 11 is 5.67. The van der Waals surface area contributed by atoms with E-state index in [0.717, 1.165) is 45.8 Å². The SMILES string of the molecule is CC(C)c1ccc(CN(CCCN2CCOCC2)C(=S)Nc2ccccc2F)cc1. The summed E-state index contributed by atoms with van der Waals surface area (Å²) in [4.78, 5) is 4.55. The lowest BCUT2D eigenvalue weighted by atomic mass is 10.0. The summed E-state index contributed by atoms with van der Waals surface area (Å²) in [6.45, 7) is 10.5. The molecule has 30 heavy (non-hydrogen) atoms. The molecule has 0 spiro atoms. The Labute approximate surface area is 185 Å². The summed E-state index contributed by atoms with van der Waals surface area (Å²) in [5.74, 6) is 0.210. The highest BCUT2D eigenvalue weighted by atomic mass is 32.1. The van der Waals surface area contributed by atoms with Crippen LogP contribution in [0.3, 0.4) is 0 Å². The van der Waals surface area contributed by atoms with Gasteiger partial charge < -0.3 is 15.0 Å². The Bertz CT molecular complexity index is 806. The third kappa shape index (κ3) is 6.76. The molecule has 1 saturated heterocycles. The largest absolute Gasteiger partial charge is 0.379 e. The standard InChI is InChI=1S/C24H32FN3OS/c1-19(2)21-10-8-20(9-11-21)18-28(13-5-12-27-14-16-29-17-15-27)24(30)26-23-7-4-3-6-22(23)25/h3-4,6-11,19H,5,12-18H2,1-2H3,(H,26,30). The maximum Gasteiger partial charge on any atom is 0.173 e. The van der Waals surface area contributed by atoms with E-state index < -0.39 is 0 Å². The fourth-order valence-electron chi connectivity index (χ4n) is 3.55. The van der Waals surface area contributed by atoms with Gasteiger partial charge in [0.05, 0.1) is 18.9 Å². The molecular weight excluding hydrogens is 397 g/mol. The maximum absolute atomic E-state index is 14.1. The van der Waals surface area contributed by atoms with E-state index >= 15 is 0 Å². The number of para-hydroxylation sites is 1. The Morgan fingerprint density at radius 3 is 2.50 bits per heavy atom. The number of thiocarbonyl (C=S) groups is 1. The van der Waals surface area contributed by atoms with Crippen molar-refractivity contribution in [1.82, 2.24) is 9.80 Å². The Morgan fingerprint density at radius 1 is 1.13 bits per heavy atom. The zero-order valence-corrected chi connectivity index (χ0v) is 18.8. The first-order valence-electron chi connectivity index (χ1n) is 10.7. The van der Waals surface area contributed by atoms with Crippen LogP contribution in [0.25, 0.3) is 0 Å². The molecule has 2 aromatic carbocycles. The van der Waals surface area contributed by atoms with Gasteiger partial charge in [-0.05, 0) is 47.8 Å². The highest BCUT2D eigenvalue weighted by Crippen LogP contribution is 2.18. The Hall–Kier alpha value is -2.02. The second kappa shape index (κ2) is 11.4. The van der Waals surface area contributed by atoms with Gasteiger partial charge in [0.1, 0.15) is 5.82 Å². The van der Waals surface area contributed by atoms with Crippen LogP contribution < -0.4 is 5.32 Å². The zero-order chi connectivity index (χ0) is 21.3. The first kappa shape index (κ1) is 22.7. The number of halogens is 1. The zero-order valence-electron chi connectivity index (χ0n) is 17.9. The molecule has 0 bridgehead atoms. The molecule has 2 aromatic rings. The van der Waals surface area contributed by atoms with E-state index in [4.69, 9.17) is 17.0 Å². The lowest BCUT2D eigenvalue weighted by Crippen LogP contribution is -2.40. The van der Waals surface area contributed by atoms with Crippen LogP contribution in [-0.2, 0) is 11.3 Å². The van der Waals surface area contributed by atoms with E-state index in [-0.39, 0.29) is 5.82 Å². The van der Waals surface area contributed by atoms with Crippen LogP contribution in [-0.4, -0.2) is 54.3 Å². The van der Waals surface area contributed by atoms with Crippen LogP contribution in [0.1, 0.15) is 37.3 Å². The number of hydrogen-bond donors (Lipinski definition) is 1. The number of anilines is 1. The molecule has 0 amide bonds. The highest BCUT2D eigenvalue weighted by molar-refractivity contribution is 7.80. The lowest BCUT2D eigenvalue weighted by Gasteiger charge is -2.30. The van der Waals surface area contributed by atoms with Crippen molar-refractivity contribution in [3.8, 4) is 0 Å². The van der Waals surface area contributed by atoms with Gasteiger partial charge in [-0.25, -0.2) is 4.39 Å². The van der Waals surface area contributed by atoms with E-state index in [9.17, 15) is 4.39 Å². The molecule has 0 aromatic heterocycles. The predicted molar refractivity (Wildman–Crippen MR) is 125 cm³/mol. The van der Waals surface area contributed by atoms with E-state index in [1.54, 1.807) is 18.2 Å². The first-order chi connectivity index (χ1) is 14.5. The van der Waals surface area contributed by atoms with Gasteiger partial charge in [-0.2, -0.15) is 0 Å². The topological polar surface area (TPSA) is 27.7 Å². The van der Waals surface area contributed by atoms with Gasteiger partial charge in [-0.1, -0.05) is 50.2 Å². The molecule has 0 radical (unpaired) electrons. The highest BCUT2D eigenvalue weighted by Gasteiger charge is 2.15. The van der Waals surface area contributed by atoms with Crippen molar-refractivity contribution in [2.24, 2.45) is 0 Å². The summed E-state index contributed by atoms with van der Waals surface area (Å²) in [5, 5.41) is 3.65. The molecule has 1 aliphatic heterocycles. The average Bonchev–Trinajstić information content (AvgIpc) is 2.75. The number of hydrogen-bond acceptors (Lipinski definition) is 3. The Kier molecular flexibility index (Phi) is 8.61. The van der Waals surface area contributed by atoms with Crippen molar-refractivity contribution < 1.29 is 9.13 Å². The first-order valence-corrected chi connectivity index (χ1v) is 11.1. The van der Waals surface area contributed by atoms with Gasteiger partial charge in [0.15, 0.2) is 5.11 Å². The molecule has 4 nitrogen and oxygen atoms in total. The summed E-state index contributed by atoms with van der Waals surface area (Å²) < 4.78 is 19.5. The summed E-state index contributed by atoms with van der Waals surface area (Å²) in [6.07, 6.45) is 0.989. The van der Waals surface area contributed by atoms with Gasteiger partial charge in [-0.3, -0.25) is 4.90 Å². The van der Waals surface area contributed by atoms with Crippen LogP contribution in [0.2, 0.25) is 0 Å². The van der Waals surface area contributed by atoms with Crippen LogP contribution in [0.15, 0.2) is 48.5 Å². The molecule has 162 valence electrons. The van der Waals surface area contributed by atoms with Gasteiger partial charge >= 0.3 is 0 Å². The third-order valence-electron chi connectivity index (χ3n) is 5.43. The van der Waals surface area contributed by atoms with Crippen molar-refractivity contribution in [1.29, 1.82) is 0 Å². The molecule has 1 heterocycles. The van der Waals surface area contributed by atoms with E-state index in [0.29, 0.717) is 23.3 Å². The maximum atomic E-state index is 14.1. The molecule has 1 N–H and O–H groups in total. The van der Waals surface area contributed by atoms with Crippen LogP contribution in [0, 0.1) is 5.82 Å². The third-order valence-corrected chi connectivity index (χ3v) is 5.79. The van der Waals surface area contributed by atoms with Crippen LogP contribution in [0.5, 0.6) is 0 Å². The Morgan fingerprint density at radius 2 is 1.83 bits per heavy atom. The second-order valence-corrected chi connectivity index (χ2v) is 8.42. The van der Waals surface area contributed by atoms with Crippen LogP contribution >= 0.6 is 12.2 Å². The molecule has 0 unspecified atom stereocenters. The molecule has 0 aliphatic carbocycles. The van der Waals surface area contributed by atoms with Crippen molar-refractivity contribution in [2.45, 2.75) is 32.7 Å². The van der Waals surface area contributed by atoms with E-state index in [1.807, 2.05) is 0 Å². The minimum atomic E-state index is -0.297. The average molecular weight is 430 g/mol. The van der Waals surface area contributed by atoms with E-state index in [1.165, 1.54) is 17.2 Å². The molecular formula is C24H32FN3OS. The lowest BCUT2D eigenvalue weighted by molar-refractivity contribution is 0.0368. The van der Waals surface area contributed by atoms with Gasteiger partial charge in [0.2, 0.25) is 0 Å². The van der Waals surface area contributed by atoms with Crippen molar-refractivity contribution in [3.63, 3.8) is 0 Å². The summed E-state index contributed by atoms with van der Waals surface area (Å²) in [6, 6.07) is 15.3. The number of morpholine rings is 1. The fraction of sp³-hybridized carbons (Fsp3) is 0.458. The predicted octanol–water partition coefficient (Wildman–Crippen LogP) is 4.87. The Balaban J connectivity index is 1.65. The molecule has 1 aliphatic rings.